The molecule has 23 heavy (non-hydrogen) atoms. The second kappa shape index (κ2) is 5.16. The van der Waals surface area contributed by atoms with E-state index >= 15 is 0 Å². The third-order valence-electron chi connectivity index (χ3n) is 4.45. The number of thiophene rings is 1. The standard InChI is InChI=1S/C15H17N5O2S/c1-8-2-3-9-10(6-8)23-14-12(9)13-18-20(5-4-11(16)21)15(22)19(13)7-17-14/h7-8H,2-6H2,1H3,(H2,16,21)/t8-/m0/s1. The Bertz CT molecular complexity index is 983. The van der Waals surface area contributed by atoms with Crippen LogP contribution in [0.5, 0.6) is 0 Å². The molecular formula is C15H17N5O2S. The van der Waals surface area contributed by atoms with Gasteiger partial charge in [0.1, 0.15) is 11.2 Å². The maximum Gasteiger partial charge on any atom is 0.351 e. The molecule has 1 amide bonds. The van der Waals surface area contributed by atoms with Crippen molar-refractivity contribution in [2.75, 3.05) is 0 Å². The van der Waals surface area contributed by atoms with Gasteiger partial charge in [-0.25, -0.2) is 18.9 Å². The fourth-order valence-corrected chi connectivity index (χ4v) is 4.57. The molecule has 0 aromatic carbocycles. The minimum atomic E-state index is -0.445. The zero-order chi connectivity index (χ0) is 16.1. The molecule has 3 aromatic heterocycles. The van der Waals surface area contributed by atoms with E-state index in [0.717, 1.165) is 29.5 Å². The van der Waals surface area contributed by atoms with Gasteiger partial charge < -0.3 is 5.73 Å². The van der Waals surface area contributed by atoms with Crippen LogP contribution in [0.2, 0.25) is 0 Å². The molecular weight excluding hydrogens is 314 g/mol. The van der Waals surface area contributed by atoms with Gasteiger partial charge >= 0.3 is 5.69 Å². The van der Waals surface area contributed by atoms with Crippen LogP contribution in [0.4, 0.5) is 0 Å². The number of aryl methyl sites for hydroxylation is 2. The smallest absolute Gasteiger partial charge is 0.351 e. The van der Waals surface area contributed by atoms with Gasteiger partial charge in [0.15, 0.2) is 5.65 Å². The van der Waals surface area contributed by atoms with Crippen LogP contribution in [-0.2, 0) is 24.2 Å². The molecule has 4 rings (SSSR count). The average Bonchev–Trinajstić information content (AvgIpc) is 3.02. The third kappa shape index (κ3) is 2.24. The van der Waals surface area contributed by atoms with Gasteiger partial charge in [0.05, 0.1) is 11.9 Å². The summed E-state index contributed by atoms with van der Waals surface area (Å²) in [5, 5.41) is 5.43. The van der Waals surface area contributed by atoms with Crippen LogP contribution in [0.3, 0.4) is 0 Å². The summed E-state index contributed by atoms with van der Waals surface area (Å²) < 4.78 is 2.77. The molecule has 0 aliphatic heterocycles. The van der Waals surface area contributed by atoms with Gasteiger partial charge in [-0.05, 0) is 30.7 Å². The van der Waals surface area contributed by atoms with Crippen LogP contribution in [0.25, 0.3) is 15.9 Å². The highest BCUT2D eigenvalue weighted by molar-refractivity contribution is 7.19. The topological polar surface area (TPSA) is 95.3 Å². The number of nitrogens with zero attached hydrogens (tertiary/aromatic N) is 4. The molecule has 3 heterocycles. The van der Waals surface area contributed by atoms with E-state index in [0.29, 0.717) is 11.6 Å². The SMILES string of the molecule is C[C@H]1CCc2c(sc3ncn4c(=O)n(CCC(N)=O)nc4c23)C1. The highest BCUT2D eigenvalue weighted by Crippen LogP contribution is 2.38. The number of hydrogen-bond acceptors (Lipinski definition) is 5. The summed E-state index contributed by atoms with van der Waals surface area (Å²) in [6, 6.07) is 0. The van der Waals surface area contributed by atoms with Crippen LogP contribution in [0.1, 0.15) is 30.2 Å². The number of amides is 1. The van der Waals surface area contributed by atoms with Crippen LogP contribution in [0, 0.1) is 5.92 Å². The van der Waals surface area contributed by atoms with Gasteiger partial charge in [0, 0.05) is 11.3 Å². The van der Waals surface area contributed by atoms with E-state index in [2.05, 4.69) is 17.0 Å². The van der Waals surface area contributed by atoms with Gasteiger partial charge in [-0.2, -0.15) is 0 Å². The van der Waals surface area contributed by atoms with Gasteiger partial charge in [0.25, 0.3) is 0 Å². The molecule has 0 bridgehead atoms. The average molecular weight is 331 g/mol. The Kier molecular flexibility index (Phi) is 3.22. The van der Waals surface area contributed by atoms with E-state index in [9.17, 15) is 9.59 Å². The molecule has 0 saturated heterocycles. The second-order valence-corrected chi connectivity index (χ2v) is 7.28. The van der Waals surface area contributed by atoms with Crippen LogP contribution >= 0.6 is 11.3 Å². The Balaban J connectivity index is 1.92. The fraction of sp³-hybridized carbons (Fsp3) is 0.467. The van der Waals surface area contributed by atoms with Gasteiger partial charge in [0.2, 0.25) is 5.91 Å². The van der Waals surface area contributed by atoms with Crippen molar-refractivity contribution in [3.63, 3.8) is 0 Å². The number of carbonyl (C=O) groups is 1. The summed E-state index contributed by atoms with van der Waals surface area (Å²) in [5.74, 6) is 0.237. The molecule has 120 valence electrons. The molecule has 0 saturated carbocycles. The molecule has 8 heteroatoms. The third-order valence-corrected chi connectivity index (χ3v) is 5.61. The molecule has 0 radical (unpaired) electrons. The fourth-order valence-electron chi connectivity index (χ4n) is 3.22. The monoisotopic (exact) mass is 331 g/mol. The van der Waals surface area contributed by atoms with Crippen molar-refractivity contribution < 1.29 is 4.79 Å². The lowest BCUT2D eigenvalue weighted by Crippen LogP contribution is -2.24. The minimum Gasteiger partial charge on any atom is -0.370 e. The number of rotatable bonds is 3. The number of hydrogen-bond donors (Lipinski definition) is 1. The Morgan fingerprint density at radius 1 is 1.52 bits per heavy atom. The van der Waals surface area contributed by atoms with Crippen molar-refractivity contribution in [3.05, 3.63) is 27.3 Å². The normalized spacial score (nSPS) is 17.7. The first-order valence-electron chi connectivity index (χ1n) is 7.71. The molecule has 0 spiro atoms. The largest absolute Gasteiger partial charge is 0.370 e. The summed E-state index contributed by atoms with van der Waals surface area (Å²) in [4.78, 5) is 30.1. The van der Waals surface area contributed by atoms with Crippen molar-refractivity contribution in [2.24, 2.45) is 11.7 Å². The predicted molar refractivity (Wildman–Crippen MR) is 87.6 cm³/mol. The molecule has 1 aliphatic carbocycles. The molecule has 1 aliphatic rings. The quantitative estimate of drug-likeness (QED) is 0.777. The highest BCUT2D eigenvalue weighted by atomic mass is 32.1. The van der Waals surface area contributed by atoms with E-state index in [4.69, 9.17) is 5.73 Å². The summed E-state index contributed by atoms with van der Waals surface area (Å²) in [6.07, 6.45) is 4.83. The van der Waals surface area contributed by atoms with E-state index in [1.165, 1.54) is 25.9 Å². The summed E-state index contributed by atoms with van der Waals surface area (Å²) in [5.41, 5.74) is 6.81. The predicted octanol–water partition coefficient (Wildman–Crippen LogP) is 1.11. The Hall–Kier alpha value is -2.22. The lowest BCUT2D eigenvalue weighted by atomic mass is 9.89. The van der Waals surface area contributed by atoms with Crippen LogP contribution < -0.4 is 11.4 Å². The van der Waals surface area contributed by atoms with E-state index in [1.54, 1.807) is 11.3 Å². The van der Waals surface area contributed by atoms with Crippen molar-refractivity contribution in [3.8, 4) is 0 Å². The first kappa shape index (κ1) is 14.4. The summed E-state index contributed by atoms with van der Waals surface area (Å²) in [7, 11) is 0. The Morgan fingerprint density at radius 2 is 2.35 bits per heavy atom. The highest BCUT2D eigenvalue weighted by Gasteiger charge is 2.24. The summed E-state index contributed by atoms with van der Waals surface area (Å²) >= 11 is 1.70. The Labute approximate surface area is 135 Å². The second-order valence-electron chi connectivity index (χ2n) is 6.19. The lowest BCUT2D eigenvalue weighted by molar-refractivity contribution is -0.118. The van der Waals surface area contributed by atoms with Gasteiger partial charge in [-0.3, -0.25) is 4.79 Å². The molecule has 0 fully saturated rings. The van der Waals surface area contributed by atoms with Gasteiger partial charge in [-0.15, -0.1) is 16.4 Å². The number of nitrogens with two attached hydrogens (primary N) is 1. The van der Waals surface area contributed by atoms with Crippen LogP contribution in [-0.4, -0.2) is 25.1 Å². The lowest BCUT2D eigenvalue weighted by Gasteiger charge is -2.17. The molecule has 7 nitrogen and oxygen atoms in total. The van der Waals surface area contributed by atoms with E-state index in [-0.39, 0.29) is 18.7 Å². The van der Waals surface area contributed by atoms with Crippen molar-refractivity contribution in [1.29, 1.82) is 0 Å². The molecule has 3 aromatic rings. The number of aromatic nitrogens is 4. The van der Waals surface area contributed by atoms with Crippen LogP contribution in [0.15, 0.2) is 11.1 Å². The van der Waals surface area contributed by atoms with Crippen molar-refractivity contribution >= 4 is 33.1 Å². The number of primary amides is 1. The maximum atomic E-state index is 12.4. The number of carbonyl (C=O) groups excluding carboxylic acids is 1. The number of fused-ring (bicyclic) bond motifs is 5. The zero-order valence-electron chi connectivity index (χ0n) is 12.8. The molecule has 2 N–H and O–H groups in total. The first-order chi connectivity index (χ1) is 11.0. The van der Waals surface area contributed by atoms with E-state index < -0.39 is 5.91 Å². The van der Waals surface area contributed by atoms with E-state index in [1.807, 2.05) is 0 Å². The molecule has 0 unspecified atom stereocenters. The summed E-state index contributed by atoms with van der Waals surface area (Å²) in [6.45, 7) is 2.46. The maximum absolute atomic E-state index is 12.4. The first-order valence-corrected chi connectivity index (χ1v) is 8.53. The minimum absolute atomic E-state index is 0.0968. The van der Waals surface area contributed by atoms with Crippen molar-refractivity contribution in [2.45, 2.75) is 39.2 Å². The molecule has 1 atom stereocenters. The van der Waals surface area contributed by atoms with Crippen molar-refractivity contribution in [1.82, 2.24) is 19.2 Å². The van der Waals surface area contributed by atoms with Gasteiger partial charge in [-0.1, -0.05) is 6.92 Å². The Morgan fingerprint density at radius 3 is 3.13 bits per heavy atom. The zero-order valence-corrected chi connectivity index (χ0v) is 13.6.